The van der Waals surface area contributed by atoms with Crippen LogP contribution >= 0.6 is 0 Å². The molecular weight excluding hydrogens is 300 g/mol. The first-order valence-electron chi connectivity index (χ1n) is 8.32. The van der Waals surface area contributed by atoms with E-state index in [2.05, 4.69) is 43.4 Å². The van der Waals surface area contributed by atoms with Crippen LogP contribution in [0.1, 0.15) is 30.9 Å². The molecule has 0 heterocycles. The van der Waals surface area contributed by atoms with Crippen molar-refractivity contribution >= 4 is 11.6 Å². The zero-order chi connectivity index (χ0) is 17.5. The molecule has 2 aromatic carbocycles. The summed E-state index contributed by atoms with van der Waals surface area (Å²) in [6.07, 6.45) is 0. The quantitative estimate of drug-likeness (QED) is 0.820. The van der Waals surface area contributed by atoms with Crippen molar-refractivity contribution < 1.29 is 14.4 Å². The number of rotatable bonds is 7. The second kappa shape index (κ2) is 8.50. The number of likely N-dealkylation sites (N-methyl/N-ethyl adjacent to an activating group) is 1. The van der Waals surface area contributed by atoms with Crippen LogP contribution in [0, 0.1) is 0 Å². The smallest absolute Gasteiger partial charge is 0.279 e. The number of nitrogens with one attached hydrogen (secondary N) is 2. The van der Waals surface area contributed by atoms with Crippen molar-refractivity contribution in [1.29, 1.82) is 0 Å². The number of ether oxygens (including phenoxy) is 1. The summed E-state index contributed by atoms with van der Waals surface area (Å²) in [6.45, 7) is 5.64. The highest BCUT2D eigenvalue weighted by Gasteiger charge is 2.11. The number of anilines is 1. The zero-order valence-corrected chi connectivity index (χ0v) is 14.9. The molecule has 0 saturated heterocycles. The van der Waals surface area contributed by atoms with E-state index < -0.39 is 0 Å². The highest BCUT2D eigenvalue weighted by molar-refractivity contribution is 5.91. The molecule has 4 nitrogen and oxygen atoms in total. The SMILES string of the molecule is COc1ccc(NC(=O)C[NH+](C)Cc2ccc(C(C)C)cc2)cc1. The van der Waals surface area contributed by atoms with E-state index in [0.717, 1.165) is 22.9 Å². The van der Waals surface area contributed by atoms with Crippen LogP contribution in [0.25, 0.3) is 0 Å². The summed E-state index contributed by atoms with van der Waals surface area (Å²) < 4.78 is 5.11. The van der Waals surface area contributed by atoms with Crippen LogP contribution in [0.4, 0.5) is 5.69 Å². The summed E-state index contributed by atoms with van der Waals surface area (Å²) in [6, 6.07) is 16.0. The van der Waals surface area contributed by atoms with Crippen LogP contribution in [0.3, 0.4) is 0 Å². The van der Waals surface area contributed by atoms with Gasteiger partial charge in [0.15, 0.2) is 6.54 Å². The van der Waals surface area contributed by atoms with Gasteiger partial charge in [-0.25, -0.2) is 0 Å². The van der Waals surface area contributed by atoms with Gasteiger partial charge in [0.05, 0.1) is 14.2 Å². The zero-order valence-electron chi connectivity index (χ0n) is 14.9. The average molecular weight is 327 g/mol. The van der Waals surface area contributed by atoms with Gasteiger partial charge < -0.3 is 15.0 Å². The van der Waals surface area contributed by atoms with E-state index >= 15 is 0 Å². The lowest BCUT2D eigenvalue weighted by molar-refractivity contribution is -0.885. The van der Waals surface area contributed by atoms with E-state index in [1.54, 1.807) is 7.11 Å². The van der Waals surface area contributed by atoms with Crippen LogP contribution in [-0.4, -0.2) is 26.6 Å². The van der Waals surface area contributed by atoms with Gasteiger partial charge in [-0.2, -0.15) is 0 Å². The Morgan fingerprint density at radius 3 is 2.25 bits per heavy atom. The molecule has 0 aliphatic heterocycles. The number of methoxy groups -OCH3 is 1. The Kier molecular flexibility index (Phi) is 6.38. The Hall–Kier alpha value is -2.33. The Labute approximate surface area is 144 Å². The van der Waals surface area contributed by atoms with E-state index in [4.69, 9.17) is 4.74 Å². The molecule has 0 saturated carbocycles. The molecule has 0 aromatic heterocycles. The van der Waals surface area contributed by atoms with Gasteiger partial charge in [-0.3, -0.25) is 4.79 Å². The fourth-order valence-corrected chi connectivity index (χ4v) is 2.58. The van der Waals surface area contributed by atoms with E-state index in [0.29, 0.717) is 12.5 Å². The van der Waals surface area contributed by atoms with Crippen molar-refractivity contribution in [2.24, 2.45) is 0 Å². The van der Waals surface area contributed by atoms with Crippen LogP contribution in [0.5, 0.6) is 5.75 Å². The molecule has 0 fully saturated rings. The topological polar surface area (TPSA) is 42.8 Å². The summed E-state index contributed by atoms with van der Waals surface area (Å²) in [5.74, 6) is 1.33. The number of benzene rings is 2. The Balaban J connectivity index is 1.84. The fourth-order valence-electron chi connectivity index (χ4n) is 2.58. The number of carbonyl (C=O) groups is 1. The monoisotopic (exact) mass is 327 g/mol. The Morgan fingerprint density at radius 1 is 1.08 bits per heavy atom. The molecular formula is C20H27N2O2+. The number of hydrogen-bond acceptors (Lipinski definition) is 2. The molecule has 128 valence electrons. The lowest BCUT2D eigenvalue weighted by atomic mass is 10.0. The second-order valence-electron chi connectivity index (χ2n) is 6.48. The van der Waals surface area contributed by atoms with Crippen molar-refractivity contribution in [3.8, 4) is 5.75 Å². The first-order valence-corrected chi connectivity index (χ1v) is 8.32. The fraction of sp³-hybridized carbons (Fsp3) is 0.350. The van der Waals surface area contributed by atoms with Crippen LogP contribution in [0.2, 0.25) is 0 Å². The molecule has 0 bridgehead atoms. The molecule has 2 aromatic rings. The van der Waals surface area contributed by atoms with Gasteiger partial charge >= 0.3 is 0 Å². The molecule has 2 rings (SSSR count). The van der Waals surface area contributed by atoms with Crippen molar-refractivity contribution in [1.82, 2.24) is 0 Å². The minimum atomic E-state index is 0.0106. The van der Waals surface area contributed by atoms with Gasteiger partial charge in [-0.15, -0.1) is 0 Å². The number of quaternary nitrogens is 1. The lowest BCUT2D eigenvalue weighted by Gasteiger charge is -2.15. The van der Waals surface area contributed by atoms with Gasteiger partial charge in [0, 0.05) is 11.3 Å². The van der Waals surface area contributed by atoms with Gasteiger partial charge in [-0.05, 0) is 35.7 Å². The summed E-state index contributed by atoms with van der Waals surface area (Å²) in [5, 5.41) is 2.92. The maximum Gasteiger partial charge on any atom is 0.279 e. The molecule has 0 spiro atoms. The van der Waals surface area contributed by atoms with Gasteiger partial charge in [0.1, 0.15) is 12.3 Å². The largest absolute Gasteiger partial charge is 0.497 e. The van der Waals surface area contributed by atoms with Crippen molar-refractivity contribution in [3.63, 3.8) is 0 Å². The maximum atomic E-state index is 12.1. The highest BCUT2D eigenvalue weighted by Crippen LogP contribution is 2.15. The molecule has 2 N–H and O–H groups in total. The normalized spacial score (nSPS) is 12.0. The van der Waals surface area contributed by atoms with E-state index in [-0.39, 0.29) is 5.91 Å². The third-order valence-electron chi connectivity index (χ3n) is 3.99. The van der Waals surface area contributed by atoms with Crippen molar-refractivity contribution in [2.45, 2.75) is 26.3 Å². The predicted octanol–water partition coefficient (Wildman–Crippen LogP) is 2.47. The number of hydrogen-bond donors (Lipinski definition) is 2. The third-order valence-corrected chi connectivity index (χ3v) is 3.99. The third kappa shape index (κ3) is 5.39. The molecule has 0 aliphatic rings. The van der Waals surface area contributed by atoms with E-state index in [1.165, 1.54) is 11.1 Å². The molecule has 0 radical (unpaired) electrons. The molecule has 0 aliphatic carbocycles. The summed E-state index contributed by atoms with van der Waals surface area (Å²) in [7, 11) is 3.66. The Morgan fingerprint density at radius 2 is 1.71 bits per heavy atom. The van der Waals surface area contributed by atoms with Crippen LogP contribution < -0.4 is 15.0 Å². The highest BCUT2D eigenvalue weighted by atomic mass is 16.5. The Bertz CT molecular complexity index is 648. The molecule has 1 amide bonds. The molecule has 24 heavy (non-hydrogen) atoms. The van der Waals surface area contributed by atoms with Gasteiger partial charge in [-0.1, -0.05) is 38.1 Å². The number of carbonyl (C=O) groups excluding carboxylic acids is 1. The number of amides is 1. The molecule has 1 unspecified atom stereocenters. The van der Waals surface area contributed by atoms with Crippen molar-refractivity contribution in [2.75, 3.05) is 26.0 Å². The van der Waals surface area contributed by atoms with Gasteiger partial charge in [0.2, 0.25) is 0 Å². The summed E-state index contributed by atoms with van der Waals surface area (Å²) in [5.41, 5.74) is 3.37. The first-order chi connectivity index (χ1) is 11.5. The second-order valence-corrected chi connectivity index (χ2v) is 6.48. The summed E-state index contributed by atoms with van der Waals surface area (Å²) in [4.78, 5) is 13.3. The van der Waals surface area contributed by atoms with E-state index in [1.807, 2.05) is 31.3 Å². The van der Waals surface area contributed by atoms with Gasteiger partial charge in [0.25, 0.3) is 5.91 Å². The lowest BCUT2D eigenvalue weighted by Crippen LogP contribution is -3.08. The minimum absolute atomic E-state index is 0.0106. The maximum absolute atomic E-state index is 12.1. The standard InChI is InChI=1S/C20H26N2O2/c1-15(2)17-7-5-16(6-8-17)13-22(3)14-20(23)21-18-9-11-19(24-4)12-10-18/h5-12,15H,13-14H2,1-4H3,(H,21,23)/p+1. The average Bonchev–Trinajstić information content (AvgIpc) is 2.55. The molecule has 1 atom stereocenters. The van der Waals surface area contributed by atoms with E-state index in [9.17, 15) is 4.79 Å². The first kappa shape index (κ1) is 18.0. The molecule has 4 heteroatoms. The van der Waals surface area contributed by atoms with Crippen LogP contribution in [0.15, 0.2) is 48.5 Å². The minimum Gasteiger partial charge on any atom is -0.497 e. The van der Waals surface area contributed by atoms with Crippen molar-refractivity contribution in [3.05, 3.63) is 59.7 Å². The summed E-state index contributed by atoms with van der Waals surface area (Å²) >= 11 is 0. The predicted molar refractivity (Wildman–Crippen MR) is 97.6 cm³/mol. The van der Waals surface area contributed by atoms with Crippen LogP contribution in [-0.2, 0) is 11.3 Å².